The fourth-order valence-corrected chi connectivity index (χ4v) is 3.30. The molecule has 1 aromatic heterocycles. The number of ether oxygens (including phenoxy) is 1. The molecule has 3 aromatic rings. The molecule has 3 N–H and O–H groups in total. The van der Waals surface area contributed by atoms with E-state index in [1.807, 2.05) is 31.2 Å². The maximum absolute atomic E-state index is 12.2. The number of hydrogen-bond donors (Lipinski definition) is 3. The van der Waals surface area contributed by atoms with Gasteiger partial charge in [-0.3, -0.25) is 9.78 Å². The second-order valence-electron chi connectivity index (χ2n) is 7.82. The molecule has 0 bridgehead atoms. The third kappa shape index (κ3) is 5.12. The zero-order valence-electron chi connectivity index (χ0n) is 17.6. The monoisotopic (exact) mass is 418 g/mol. The largest absolute Gasteiger partial charge is 0.504 e. The Morgan fingerprint density at radius 1 is 1.19 bits per heavy atom. The van der Waals surface area contributed by atoms with E-state index in [9.17, 15) is 9.90 Å². The molecule has 0 saturated heterocycles. The number of aromatic hydroxyl groups is 1. The van der Waals surface area contributed by atoms with E-state index in [0.717, 1.165) is 17.7 Å². The van der Waals surface area contributed by atoms with E-state index in [4.69, 9.17) is 4.74 Å². The van der Waals surface area contributed by atoms with Gasteiger partial charge in [-0.1, -0.05) is 12.1 Å². The standard InChI is InChI=1S/C24H26N4O3/c1-15(17-5-7-18(8-6-17)24(30)26-12-16-3-4-16)27-23-14-25-13-20(28-23)19-9-10-21(29)22(11-19)31-2/h5-11,13-16,29H,3-4,12H2,1-2H3,(H,26,30)(H,27,28)/t15-/m0/s1. The lowest BCUT2D eigenvalue weighted by Crippen LogP contribution is -2.25. The highest BCUT2D eigenvalue weighted by Crippen LogP contribution is 2.31. The maximum atomic E-state index is 12.2. The second-order valence-corrected chi connectivity index (χ2v) is 7.82. The number of carbonyl (C=O) groups excluding carboxylic acids is 1. The summed E-state index contributed by atoms with van der Waals surface area (Å²) < 4.78 is 5.17. The Kier molecular flexibility index (Phi) is 6.02. The van der Waals surface area contributed by atoms with Crippen molar-refractivity contribution in [2.45, 2.75) is 25.8 Å². The molecule has 1 fully saturated rings. The van der Waals surface area contributed by atoms with Gasteiger partial charge in [0.1, 0.15) is 5.82 Å². The minimum atomic E-state index is -0.0260. The Labute approximate surface area is 181 Å². The summed E-state index contributed by atoms with van der Waals surface area (Å²) in [5.74, 6) is 1.72. The van der Waals surface area contributed by atoms with Crippen LogP contribution in [0, 0.1) is 5.92 Å². The molecule has 7 nitrogen and oxygen atoms in total. The number of aromatic nitrogens is 2. The summed E-state index contributed by atoms with van der Waals surface area (Å²) in [6.07, 6.45) is 5.76. The molecule has 1 amide bonds. The quantitative estimate of drug-likeness (QED) is 0.508. The summed E-state index contributed by atoms with van der Waals surface area (Å²) in [5.41, 5.74) is 3.16. The SMILES string of the molecule is COc1cc(-c2cncc(N[C@@H](C)c3ccc(C(=O)NCC4CC4)cc3)n2)ccc1O. The lowest BCUT2D eigenvalue weighted by atomic mass is 10.1. The Bertz CT molecular complexity index is 1060. The molecule has 31 heavy (non-hydrogen) atoms. The fraction of sp³-hybridized carbons (Fsp3) is 0.292. The van der Waals surface area contributed by atoms with Crippen LogP contribution in [0.2, 0.25) is 0 Å². The van der Waals surface area contributed by atoms with Crippen molar-refractivity contribution in [3.8, 4) is 22.8 Å². The van der Waals surface area contributed by atoms with E-state index in [-0.39, 0.29) is 17.7 Å². The Morgan fingerprint density at radius 2 is 1.97 bits per heavy atom. The van der Waals surface area contributed by atoms with Crippen molar-refractivity contribution in [3.63, 3.8) is 0 Å². The molecule has 1 aliphatic carbocycles. The Hall–Kier alpha value is -3.61. The fourth-order valence-electron chi connectivity index (χ4n) is 3.30. The number of nitrogens with one attached hydrogen (secondary N) is 2. The van der Waals surface area contributed by atoms with Crippen molar-refractivity contribution in [1.29, 1.82) is 0 Å². The molecule has 1 atom stereocenters. The van der Waals surface area contributed by atoms with Crippen LogP contribution in [0.4, 0.5) is 5.82 Å². The topological polar surface area (TPSA) is 96.4 Å². The second kappa shape index (κ2) is 9.04. The van der Waals surface area contributed by atoms with Gasteiger partial charge >= 0.3 is 0 Å². The Balaban J connectivity index is 1.43. The molecule has 0 aliphatic heterocycles. The molecule has 0 unspecified atom stereocenters. The van der Waals surface area contributed by atoms with Crippen LogP contribution in [-0.4, -0.2) is 34.6 Å². The molecule has 1 saturated carbocycles. The lowest BCUT2D eigenvalue weighted by Gasteiger charge is -2.16. The number of phenols is 1. The van der Waals surface area contributed by atoms with Crippen molar-refractivity contribution >= 4 is 11.7 Å². The number of phenolic OH excluding ortho intramolecular Hbond substituents is 1. The third-order valence-electron chi connectivity index (χ3n) is 5.40. The lowest BCUT2D eigenvalue weighted by molar-refractivity contribution is 0.0952. The van der Waals surface area contributed by atoms with Crippen LogP contribution in [0.15, 0.2) is 54.9 Å². The van der Waals surface area contributed by atoms with Gasteiger partial charge in [-0.2, -0.15) is 0 Å². The first-order valence-electron chi connectivity index (χ1n) is 10.4. The molecule has 7 heteroatoms. The molecule has 1 heterocycles. The number of carbonyl (C=O) groups is 1. The van der Waals surface area contributed by atoms with Crippen LogP contribution in [0.1, 0.15) is 41.7 Å². The number of anilines is 1. The maximum Gasteiger partial charge on any atom is 0.251 e. The summed E-state index contributed by atoms with van der Waals surface area (Å²) in [5, 5.41) is 16.1. The van der Waals surface area contributed by atoms with E-state index in [2.05, 4.69) is 20.6 Å². The van der Waals surface area contributed by atoms with Crippen molar-refractivity contribution < 1.29 is 14.6 Å². The average molecular weight is 418 g/mol. The minimum Gasteiger partial charge on any atom is -0.504 e. The molecular formula is C24H26N4O3. The first-order valence-corrected chi connectivity index (χ1v) is 10.4. The van der Waals surface area contributed by atoms with Gasteiger partial charge in [-0.25, -0.2) is 4.98 Å². The van der Waals surface area contributed by atoms with Gasteiger partial charge in [0, 0.05) is 23.7 Å². The van der Waals surface area contributed by atoms with Crippen LogP contribution in [0.3, 0.4) is 0 Å². The van der Waals surface area contributed by atoms with Crippen LogP contribution in [0.5, 0.6) is 11.5 Å². The van der Waals surface area contributed by atoms with Crippen LogP contribution in [0.25, 0.3) is 11.3 Å². The van der Waals surface area contributed by atoms with E-state index in [1.165, 1.54) is 20.0 Å². The van der Waals surface area contributed by atoms with E-state index < -0.39 is 0 Å². The van der Waals surface area contributed by atoms with Crippen LogP contribution in [-0.2, 0) is 0 Å². The number of benzene rings is 2. The highest BCUT2D eigenvalue weighted by molar-refractivity contribution is 5.94. The third-order valence-corrected chi connectivity index (χ3v) is 5.40. The number of amides is 1. The smallest absolute Gasteiger partial charge is 0.251 e. The molecule has 1 aliphatic rings. The van der Waals surface area contributed by atoms with Gasteiger partial charge < -0.3 is 20.5 Å². The van der Waals surface area contributed by atoms with Gasteiger partial charge in [-0.05, 0) is 61.6 Å². The molecule has 2 aromatic carbocycles. The van der Waals surface area contributed by atoms with Gasteiger partial charge in [-0.15, -0.1) is 0 Å². The highest BCUT2D eigenvalue weighted by Gasteiger charge is 2.21. The van der Waals surface area contributed by atoms with Crippen molar-refractivity contribution in [2.24, 2.45) is 5.92 Å². The van der Waals surface area contributed by atoms with E-state index in [1.54, 1.807) is 30.6 Å². The summed E-state index contributed by atoms with van der Waals surface area (Å²) in [6.45, 7) is 2.79. The number of methoxy groups -OCH3 is 1. The van der Waals surface area contributed by atoms with Crippen LogP contribution >= 0.6 is 0 Å². The summed E-state index contributed by atoms with van der Waals surface area (Å²) in [4.78, 5) is 21.1. The number of rotatable bonds is 8. The highest BCUT2D eigenvalue weighted by atomic mass is 16.5. The number of nitrogens with zero attached hydrogens (tertiary/aromatic N) is 2. The predicted octanol–water partition coefficient (Wildman–Crippen LogP) is 4.17. The van der Waals surface area contributed by atoms with Crippen molar-refractivity contribution in [3.05, 3.63) is 66.0 Å². The van der Waals surface area contributed by atoms with Gasteiger partial charge in [0.2, 0.25) is 0 Å². The zero-order chi connectivity index (χ0) is 21.8. The molecule has 0 radical (unpaired) electrons. The van der Waals surface area contributed by atoms with Gasteiger partial charge in [0.15, 0.2) is 11.5 Å². The number of hydrogen-bond acceptors (Lipinski definition) is 6. The zero-order valence-corrected chi connectivity index (χ0v) is 17.6. The molecular weight excluding hydrogens is 392 g/mol. The predicted molar refractivity (Wildman–Crippen MR) is 119 cm³/mol. The summed E-state index contributed by atoms with van der Waals surface area (Å²) >= 11 is 0. The molecule has 0 spiro atoms. The first kappa shape index (κ1) is 20.7. The average Bonchev–Trinajstić information content (AvgIpc) is 3.62. The minimum absolute atomic E-state index is 0.0255. The van der Waals surface area contributed by atoms with E-state index >= 15 is 0 Å². The molecule has 4 rings (SSSR count). The van der Waals surface area contributed by atoms with E-state index in [0.29, 0.717) is 28.7 Å². The first-order chi connectivity index (χ1) is 15.0. The Morgan fingerprint density at radius 3 is 2.68 bits per heavy atom. The molecule has 160 valence electrons. The summed E-state index contributed by atoms with van der Waals surface area (Å²) in [6, 6.07) is 12.6. The van der Waals surface area contributed by atoms with Crippen molar-refractivity contribution in [2.75, 3.05) is 19.0 Å². The van der Waals surface area contributed by atoms with Crippen LogP contribution < -0.4 is 15.4 Å². The van der Waals surface area contributed by atoms with Gasteiger partial charge in [0.25, 0.3) is 5.91 Å². The summed E-state index contributed by atoms with van der Waals surface area (Å²) in [7, 11) is 1.51. The van der Waals surface area contributed by atoms with Crippen molar-refractivity contribution in [1.82, 2.24) is 15.3 Å². The normalized spacial score (nSPS) is 14.0. The van der Waals surface area contributed by atoms with Gasteiger partial charge in [0.05, 0.1) is 25.2 Å².